The van der Waals surface area contributed by atoms with Crippen LogP contribution in [-0.4, -0.2) is 43.9 Å². The maximum Gasteiger partial charge on any atom is 0.255 e. The van der Waals surface area contributed by atoms with Gasteiger partial charge in [0, 0.05) is 30.6 Å². The van der Waals surface area contributed by atoms with E-state index in [2.05, 4.69) is 31.1 Å². The van der Waals surface area contributed by atoms with Crippen LogP contribution in [0.15, 0.2) is 70.3 Å². The van der Waals surface area contributed by atoms with Gasteiger partial charge in [0.25, 0.3) is 5.91 Å². The van der Waals surface area contributed by atoms with Crippen molar-refractivity contribution in [2.24, 2.45) is 0 Å². The van der Waals surface area contributed by atoms with Gasteiger partial charge in [-0.15, -0.1) is 0 Å². The predicted octanol–water partition coefficient (Wildman–Crippen LogP) is 3.20. The van der Waals surface area contributed by atoms with E-state index in [-0.39, 0.29) is 23.5 Å². The van der Waals surface area contributed by atoms with Crippen molar-refractivity contribution in [2.45, 2.75) is 17.9 Å². The van der Waals surface area contributed by atoms with Crippen LogP contribution in [0.5, 0.6) is 0 Å². The van der Waals surface area contributed by atoms with Gasteiger partial charge in [-0.2, -0.15) is 5.10 Å². The normalized spacial score (nSPS) is 12.5. The average molecular weight is 493 g/mol. The summed E-state index contributed by atoms with van der Waals surface area (Å²) in [7, 11) is -2.16. The molecule has 0 radical (unpaired) electrons. The minimum absolute atomic E-state index is 0.109. The highest BCUT2D eigenvalue weighted by Crippen LogP contribution is 2.17. The second-order valence-electron chi connectivity index (χ2n) is 6.61. The van der Waals surface area contributed by atoms with Crippen molar-refractivity contribution in [3.05, 3.63) is 71.0 Å². The number of halogens is 1. The number of sulfonamides is 1. The number of ether oxygens (including phenoxy) is 1. The Bertz CT molecular complexity index is 1110. The number of nitrogens with one attached hydrogen (secondary N) is 2. The SMILES string of the molecule is COCC(C)NS(=O)(=O)c1ccc(NC(=O)c2ccc(-n3cc(Br)cn3)cc2)cc1. The summed E-state index contributed by atoms with van der Waals surface area (Å²) in [4.78, 5) is 12.6. The first-order valence-corrected chi connectivity index (χ1v) is 11.3. The molecule has 1 amide bonds. The van der Waals surface area contributed by atoms with Crippen molar-refractivity contribution in [1.29, 1.82) is 0 Å². The molecule has 0 aliphatic rings. The van der Waals surface area contributed by atoms with Crippen LogP contribution in [0.25, 0.3) is 5.69 Å². The maximum absolute atomic E-state index is 12.5. The second-order valence-corrected chi connectivity index (χ2v) is 9.24. The minimum Gasteiger partial charge on any atom is -0.383 e. The van der Waals surface area contributed by atoms with Crippen LogP contribution in [0.4, 0.5) is 5.69 Å². The van der Waals surface area contributed by atoms with E-state index in [1.54, 1.807) is 54.2 Å². The van der Waals surface area contributed by atoms with E-state index >= 15 is 0 Å². The zero-order valence-corrected chi connectivity index (χ0v) is 18.8. The van der Waals surface area contributed by atoms with E-state index in [9.17, 15) is 13.2 Å². The smallest absolute Gasteiger partial charge is 0.255 e. The van der Waals surface area contributed by atoms with Crippen LogP contribution in [0.2, 0.25) is 0 Å². The van der Waals surface area contributed by atoms with Gasteiger partial charge >= 0.3 is 0 Å². The van der Waals surface area contributed by atoms with Gasteiger partial charge < -0.3 is 10.1 Å². The second kappa shape index (κ2) is 9.52. The molecule has 3 rings (SSSR count). The molecule has 0 fully saturated rings. The number of carbonyl (C=O) groups excluding carboxylic acids is 1. The van der Waals surface area contributed by atoms with Crippen molar-refractivity contribution >= 4 is 37.5 Å². The third-order valence-corrected chi connectivity index (χ3v) is 6.16. The zero-order chi connectivity index (χ0) is 21.7. The standard InChI is InChI=1S/C20H21BrN4O4S/c1-14(13-29-2)24-30(27,28)19-9-5-17(6-10-19)23-20(26)15-3-7-18(8-4-15)25-12-16(21)11-22-25/h3-12,14,24H,13H2,1-2H3,(H,23,26). The van der Waals surface area contributed by atoms with Crippen LogP contribution in [0, 0.1) is 0 Å². The lowest BCUT2D eigenvalue weighted by Gasteiger charge is -2.13. The topological polar surface area (TPSA) is 102 Å². The summed E-state index contributed by atoms with van der Waals surface area (Å²) < 4.78 is 34.7. The first-order valence-electron chi connectivity index (χ1n) is 9.02. The number of carbonyl (C=O) groups is 1. The number of nitrogens with zero attached hydrogens (tertiary/aromatic N) is 2. The third kappa shape index (κ3) is 5.54. The molecular formula is C20H21BrN4O4S. The fraction of sp³-hybridized carbons (Fsp3) is 0.200. The van der Waals surface area contributed by atoms with E-state index in [0.717, 1.165) is 10.2 Å². The lowest BCUT2D eigenvalue weighted by atomic mass is 10.2. The van der Waals surface area contributed by atoms with Crippen LogP contribution < -0.4 is 10.0 Å². The molecule has 1 heterocycles. The Morgan fingerprint density at radius 3 is 2.40 bits per heavy atom. The Kier molecular flexibility index (Phi) is 7.03. The van der Waals surface area contributed by atoms with Crippen LogP contribution in [0.3, 0.4) is 0 Å². The van der Waals surface area contributed by atoms with Gasteiger partial charge in [0.05, 0.1) is 27.9 Å². The first-order chi connectivity index (χ1) is 14.3. The Labute approximate surface area is 183 Å². The van der Waals surface area contributed by atoms with Crippen molar-refractivity contribution in [3.8, 4) is 5.69 Å². The molecule has 0 aliphatic carbocycles. The van der Waals surface area contributed by atoms with Gasteiger partial charge in [0.1, 0.15) is 0 Å². The van der Waals surface area contributed by atoms with Crippen LogP contribution in [-0.2, 0) is 14.8 Å². The van der Waals surface area contributed by atoms with Gasteiger partial charge in [0.15, 0.2) is 0 Å². The van der Waals surface area contributed by atoms with Crippen LogP contribution in [0.1, 0.15) is 17.3 Å². The fourth-order valence-electron chi connectivity index (χ4n) is 2.75. The summed E-state index contributed by atoms with van der Waals surface area (Å²) in [6.45, 7) is 1.98. The summed E-state index contributed by atoms with van der Waals surface area (Å²) in [5, 5.41) is 6.95. The van der Waals surface area contributed by atoms with E-state index in [4.69, 9.17) is 4.74 Å². The molecule has 8 nitrogen and oxygen atoms in total. The molecule has 1 unspecified atom stereocenters. The average Bonchev–Trinajstić information content (AvgIpc) is 3.14. The molecule has 2 aromatic carbocycles. The molecule has 1 atom stereocenters. The fourth-order valence-corrected chi connectivity index (χ4v) is 4.26. The first kappa shape index (κ1) is 22.2. The number of amides is 1. The molecule has 0 bridgehead atoms. The molecule has 158 valence electrons. The van der Waals surface area contributed by atoms with Crippen LogP contribution >= 0.6 is 15.9 Å². The largest absolute Gasteiger partial charge is 0.383 e. The number of rotatable bonds is 8. The molecule has 0 aliphatic heterocycles. The minimum atomic E-state index is -3.66. The quantitative estimate of drug-likeness (QED) is 0.502. The molecule has 10 heteroatoms. The van der Waals surface area contributed by atoms with Gasteiger partial charge in [0.2, 0.25) is 10.0 Å². The highest BCUT2D eigenvalue weighted by Gasteiger charge is 2.17. The van der Waals surface area contributed by atoms with E-state index < -0.39 is 10.0 Å². The maximum atomic E-state index is 12.5. The zero-order valence-electron chi connectivity index (χ0n) is 16.4. The van der Waals surface area contributed by atoms with E-state index in [1.165, 1.54) is 19.2 Å². The monoisotopic (exact) mass is 492 g/mol. The third-order valence-electron chi connectivity index (χ3n) is 4.14. The summed E-state index contributed by atoms with van der Waals surface area (Å²) >= 11 is 3.35. The summed E-state index contributed by atoms with van der Waals surface area (Å²) in [5.41, 5.74) is 1.78. The molecule has 2 N–H and O–H groups in total. The van der Waals surface area contributed by atoms with Crippen molar-refractivity contribution in [1.82, 2.24) is 14.5 Å². The number of anilines is 1. The van der Waals surface area contributed by atoms with Gasteiger partial charge in [-0.3, -0.25) is 4.79 Å². The van der Waals surface area contributed by atoms with Crippen molar-refractivity contribution in [2.75, 3.05) is 19.0 Å². The number of aromatic nitrogens is 2. The highest BCUT2D eigenvalue weighted by atomic mass is 79.9. The molecule has 3 aromatic rings. The molecule has 30 heavy (non-hydrogen) atoms. The lowest BCUT2D eigenvalue weighted by Crippen LogP contribution is -2.35. The highest BCUT2D eigenvalue weighted by molar-refractivity contribution is 9.10. The number of hydrogen-bond acceptors (Lipinski definition) is 5. The molecular weight excluding hydrogens is 472 g/mol. The van der Waals surface area contributed by atoms with E-state index in [0.29, 0.717) is 11.3 Å². The Balaban J connectivity index is 1.65. The van der Waals surface area contributed by atoms with Crippen molar-refractivity contribution < 1.29 is 17.9 Å². The number of methoxy groups -OCH3 is 1. The molecule has 0 saturated heterocycles. The number of hydrogen-bond donors (Lipinski definition) is 2. The molecule has 1 aromatic heterocycles. The predicted molar refractivity (Wildman–Crippen MR) is 117 cm³/mol. The summed E-state index contributed by atoms with van der Waals surface area (Å²) in [5.74, 6) is -0.300. The Hall–Kier alpha value is -2.53. The summed E-state index contributed by atoms with van der Waals surface area (Å²) in [6.07, 6.45) is 3.49. The Morgan fingerprint density at radius 2 is 1.83 bits per heavy atom. The van der Waals surface area contributed by atoms with Gasteiger partial charge in [-0.1, -0.05) is 0 Å². The van der Waals surface area contributed by atoms with E-state index in [1.807, 2.05) is 6.20 Å². The van der Waals surface area contributed by atoms with Gasteiger partial charge in [-0.25, -0.2) is 17.8 Å². The Morgan fingerprint density at radius 1 is 1.17 bits per heavy atom. The molecule has 0 saturated carbocycles. The number of benzene rings is 2. The summed E-state index contributed by atoms with van der Waals surface area (Å²) in [6, 6.07) is 12.6. The van der Waals surface area contributed by atoms with Gasteiger partial charge in [-0.05, 0) is 71.4 Å². The molecule has 0 spiro atoms. The lowest BCUT2D eigenvalue weighted by molar-refractivity contribution is 0.102. The van der Waals surface area contributed by atoms with Crippen molar-refractivity contribution in [3.63, 3.8) is 0 Å².